The zero-order valence-corrected chi connectivity index (χ0v) is 16.9. The molecule has 1 aliphatic heterocycles. The van der Waals surface area contributed by atoms with Gasteiger partial charge in [-0.05, 0) is 46.3 Å². The molecule has 0 saturated carbocycles. The van der Waals surface area contributed by atoms with Crippen molar-refractivity contribution in [2.75, 3.05) is 34.3 Å². The predicted molar refractivity (Wildman–Crippen MR) is 102 cm³/mol. The van der Waals surface area contributed by atoms with Gasteiger partial charge >= 0.3 is 0 Å². The van der Waals surface area contributed by atoms with Crippen LogP contribution < -0.4 is 4.74 Å². The SMILES string of the molecule is COc1c(CN(C)C[C@@H]2CCCN(C)[C@H]2c2cnn(C)c2)c(C)nn1C. The van der Waals surface area contributed by atoms with E-state index in [1.807, 2.05) is 29.7 Å². The van der Waals surface area contributed by atoms with Crippen LogP contribution in [0.5, 0.6) is 5.88 Å². The van der Waals surface area contributed by atoms with Gasteiger partial charge in [0.2, 0.25) is 5.88 Å². The lowest BCUT2D eigenvalue weighted by atomic mass is 9.85. The number of piperidine rings is 1. The highest BCUT2D eigenvalue weighted by atomic mass is 16.5. The van der Waals surface area contributed by atoms with Crippen LogP contribution in [-0.2, 0) is 20.6 Å². The maximum absolute atomic E-state index is 5.55. The van der Waals surface area contributed by atoms with E-state index in [2.05, 4.69) is 47.2 Å². The molecule has 0 amide bonds. The molecule has 0 N–H and O–H groups in total. The van der Waals surface area contributed by atoms with Gasteiger partial charge in [0.15, 0.2) is 0 Å². The quantitative estimate of drug-likeness (QED) is 0.788. The van der Waals surface area contributed by atoms with Crippen LogP contribution in [0.2, 0.25) is 0 Å². The minimum atomic E-state index is 0.428. The maximum atomic E-state index is 5.55. The van der Waals surface area contributed by atoms with Crippen molar-refractivity contribution >= 4 is 0 Å². The van der Waals surface area contributed by atoms with E-state index in [1.54, 1.807) is 7.11 Å². The smallest absolute Gasteiger partial charge is 0.216 e. The molecule has 2 atom stereocenters. The molecular formula is C19H32N6O. The zero-order valence-electron chi connectivity index (χ0n) is 16.9. The van der Waals surface area contributed by atoms with Crippen molar-refractivity contribution in [2.24, 2.45) is 20.0 Å². The molecule has 7 nitrogen and oxygen atoms in total. The van der Waals surface area contributed by atoms with Gasteiger partial charge in [0.05, 0.1) is 24.6 Å². The summed E-state index contributed by atoms with van der Waals surface area (Å²) in [7, 11) is 10.1. The fourth-order valence-electron chi connectivity index (χ4n) is 4.42. The molecular weight excluding hydrogens is 328 g/mol. The van der Waals surface area contributed by atoms with Crippen molar-refractivity contribution in [3.8, 4) is 5.88 Å². The van der Waals surface area contributed by atoms with E-state index in [9.17, 15) is 0 Å². The largest absolute Gasteiger partial charge is 0.481 e. The molecule has 0 aliphatic carbocycles. The standard InChI is InChI=1S/C19H32N6O/c1-14-17(19(26-6)25(5)21-14)13-22(2)11-15-8-7-9-23(3)18(15)16-10-20-24(4)12-16/h10,12,15,18H,7-9,11,13H2,1-6H3/t15-,18+/m0/s1. The Hall–Kier alpha value is -1.86. The molecule has 3 heterocycles. The van der Waals surface area contributed by atoms with Gasteiger partial charge in [-0.15, -0.1) is 0 Å². The van der Waals surface area contributed by atoms with E-state index in [4.69, 9.17) is 4.74 Å². The maximum Gasteiger partial charge on any atom is 0.216 e. The highest BCUT2D eigenvalue weighted by Crippen LogP contribution is 2.35. The summed E-state index contributed by atoms with van der Waals surface area (Å²) in [6, 6.07) is 0.428. The second-order valence-corrected chi connectivity index (χ2v) is 7.67. The lowest BCUT2D eigenvalue weighted by Gasteiger charge is -2.40. The Balaban J connectivity index is 1.73. The molecule has 0 unspecified atom stereocenters. The highest BCUT2D eigenvalue weighted by Gasteiger charge is 2.32. The summed E-state index contributed by atoms with van der Waals surface area (Å²) in [5.41, 5.74) is 3.55. The number of hydrogen-bond acceptors (Lipinski definition) is 5. The first-order valence-corrected chi connectivity index (χ1v) is 9.34. The lowest BCUT2D eigenvalue weighted by molar-refractivity contribution is 0.0923. The van der Waals surface area contributed by atoms with Crippen molar-refractivity contribution in [3.05, 3.63) is 29.2 Å². The zero-order chi connectivity index (χ0) is 18.8. The van der Waals surface area contributed by atoms with Gasteiger partial charge < -0.3 is 9.64 Å². The molecule has 1 aliphatic rings. The van der Waals surface area contributed by atoms with Gasteiger partial charge in [0, 0.05) is 45.0 Å². The molecule has 2 aromatic rings. The molecule has 7 heteroatoms. The average molecular weight is 361 g/mol. The summed E-state index contributed by atoms with van der Waals surface area (Å²) in [4.78, 5) is 4.88. The van der Waals surface area contributed by atoms with Crippen molar-refractivity contribution in [2.45, 2.75) is 32.4 Å². The first-order chi connectivity index (χ1) is 12.4. The van der Waals surface area contributed by atoms with Gasteiger partial charge in [-0.25, -0.2) is 4.68 Å². The third-order valence-electron chi connectivity index (χ3n) is 5.53. The molecule has 0 bridgehead atoms. The number of methoxy groups -OCH3 is 1. The summed E-state index contributed by atoms with van der Waals surface area (Å²) in [6.07, 6.45) is 6.68. The summed E-state index contributed by atoms with van der Waals surface area (Å²) in [6.45, 7) is 5.10. The second kappa shape index (κ2) is 7.80. The number of aryl methyl sites for hydroxylation is 3. The molecule has 0 radical (unpaired) electrons. The van der Waals surface area contributed by atoms with Crippen molar-refractivity contribution < 1.29 is 4.74 Å². The van der Waals surface area contributed by atoms with Crippen LogP contribution in [0.4, 0.5) is 0 Å². The van der Waals surface area contributed by atoms with Crippen LogP contribution in [-0.4, -0.2) is 63.7 Å². The predicted octanol–water partition coefficient (Wildman–Crippen LogP) is 1.99. The van der Waals surface area contributed by atoms with E-state index in [0.717, 1.165) is 31.2 Å². The highest BCUT2D eigenvalue weighted by molar-refractivity contribution is 5.30. The van der Waals surface area contributed by atoms with Gasteiger partial charge in [0.1, 0.15) is 0 Å². The first-order valence-electron chi connectivity index (χ1n) is 9.34. The molecule has 26 heavy (non-hydrogen) atoms. The number of ether oxygens (including phenoxy) is 1. The van der Waals surface area contributed by atoms with E-state index < -0.39 is 0 Å². The first kappa shape index (κ1) is 18.9. The van der Waals surface area contributed by atoms with Gasteiger partial charge in [-0.1, -0.05) is 0 Å². The van der Waals surface area contributed by atoms with Crippen molar-refractivity contribution in [1.82, 2.24) is 29.4 Å². The molecule has 1 fully saturated rings. The van der Waals surface area contributed by atoms with Crippen LogP contribution >= 0.6 is 0 Å². The monoisotopic (exact) mass is 360 g/mol. The number of aromatic nitrogens is 4. The molecule has 144 valence electrons. The summed E-state index contributed by atoms with van der Waals surface area (Å²) >= 11 is 0. The molecule has 0 aromatic carbocycles. The minimum Gasteiger partial charge on any atom is -0.481 e. The van der Waals surface area contributed by atoms with E-state index in [0.29, 0.717) is 12.0 Å². The number of rotatable bonds is 6. The van der Waals surface area contributed by atoms with Gasteiger partial charge in [-0.2, -0.15) is 10.2 Å². The Labute approximate surface area is 156 Å². The van der Waals surface area contributed by atoms with Crippen LogP contribution in [0.15, 0.2) is 12.4 Å². The molecule has 3 rings (SSSR count). The van der Waals surface area contributed by atoms with Gasteiger partial charge in [0.25, 0.3) is 0 Å². The van der Waals surface area contributed by atoms with Crippen LogP contribution in [0.1, 0.15) is 35.7 Å². The Bertz CT molecular complexity index is 736. The summed E-state index contributed by atoms with van der Waals surface area (Å²) < 4.78 is 9.28. The second-order valence-electron chi connectivity index (χ2n) is 7.67. The number of nitrogens with zero attached hydrogens (tertiary/aromatic N) is 6. The molecule has 1 saturated heterocycles. The number of hydrogen-bond donors (Lipinski definition) is 0. The van der Waals surface area contributed by atoms with E-state index in [-0.39, 0.29) is 0 Å². The van der Waals surface area contributed by atoms with Crippen LogP contribution in [0.3, 0.4) is 0 Å². The third kappa shape index (κ3) is 3.78. The third-order valence-corrected chi connectivity index (χ3v) is 5.53. The van der Waals surface area contributed by atoms with E-state index >= 15 is 0 Å². The van der Waals surface area contributed by atoms with Gasteiger partial charge in [-0.3, -0.25) is 9.58 Å². The Morgan fingerprint density at radius 1 is 1.31 bits per heavy atom. The van der Waals surface area contributed by atoms with Crippen molar-refractivity contribution in [1.29, 1.82) is 0 Å². The van der Waals surface area contributed by atoms with Crippen LogP contribution in [0, 0.1) is 12.8 Å². The molecule has 0 spiro atoms. The lowest BCUT2D eigenvalue weighted by Crippen LogP contribution is -2.40. The Morgan fingerprint density at radius 2 is 2.08 bits per heavy atom. The summed E-state index contributed by atoms with van der Waals surface area (Å²) in [5.74, 6) is 1.45. The Kier molecular flexibility index (Phi) is 5.67. The van der Waals surface area contributed by atoms with Crippen molar-refractivity contribution in [3.63, 3.8) is 0 Å². The minimum absolute atomic E-state index is 0.428. The normalized spacial score (nSPS) is 21.5. The topological polar surface area (TPSA) is 51.4 Å². The fraction of sp³-hybridized carbons (Fsp3) is 0.684. The number of likely N-dealkylation sites (tertiary alicyclic amines) is 1. The Morgan fingerprint density at radius 3 is 2.73 bits per heavy atom. The average Bonchev–Trinajstić information content (AvgIpc) is 3.11. The fourth-order valence-corrected chi connectivity index (χ4v) is 4.42. The van der Waals surface area contributed by atoms with Crippen LogP contribution in [0.25, 0.3) is 0 Å². The molecule has 2 aromatic heterocycles. The van der Waals surface area contributed by atoms with E-state index in [1.165, 1.54) is 24.0 Å². The summed E-state index contributed by atoms with van der Waals surface area (Å²) in [5, 5.41) is 8.90.